The van der Waals surface area contributed by atoms with Crippen LogP contribution < -0.4 is 0 Å². The summed E-state index contributed by atoms with van der Waals surface area (Å²) in [5.41, 5.74) is 0. The van der Waals surface area contributed by atoms with Crippen LogP contribution in [0.25, 0.3) is 0 Å². The van der Waals surface area contributed by atoms with Gasteiger partial charge < -0.3 is 9.84 Å². The van der Waals surface area contributed by atoms with Crippen LogP contribution in [0.2, 0.25) is 0 Å². The highest BCUT2D eigenvalue weighted by atomic mass is 16.5. The summed E-state index contributed by atoms with van der Waals surface area (Å²) in [6.07, 6.45) is 4.64. The molecule has 0 bridgehead atoms. The fourth-order valence-electron chi connectivity index (χ4n) is 0.929. The van der Waals surface area contributed by atoms with E-state index >= 15 is 0 Å². The Morgan fingerprint density at radius 1 is 1.42 bits per heavy atom. The molecule has 0 heterocycles. The quantitative estimate of drug-likeness (QED) is 0.570. The molecule has 0 aliphatic rings. The number of unbranched alkanes of at least 4 members (excludes halogenated alkanes) is 2. The van der Waals surface area contributed by atoms with Gasteiger partial charge in [0.25, 0.3) is 0 Å². The van der Waals surface area contributed by atoms with Crippen LogP contribution in [-0.2, 0) is 4.74 Å². The van der Waals surface area contributed by atoms with Crippen LogP contribution in [0.1, 0.15) is 39.0 Å². The number of aliphatic hydroxyl groups excluding tert-OH is 1. The van der Waals surface area contributed by atoms with Crippen molar-refractivity contribution in [1.29, 1.82) is 0 Å². The molecule has 0 saturated heterocycles. The highest BCUT2D eigenvalue weighted by molar-refractivity contribution is 4.54. The summed E-state index contributed by atoms with van der Waals surface area (Å²) in [5.74, 6) is 0. The molecule has 0 aromatic carbocycles. The average Bonchev–Trinajstić information content (AvgIpc) is 2.09. The van der Waals surface area contributed by atoms with E-state index in [9.17, 15) is 5.11 Å². The maximum atomic E-state index is 9.33. The summed E-state index contributed by atoms with van der Waals surface area (Å²) in [7, 11) is 0. The molecule has 0 fully saturated rings. The summed E-state index contributed by atoms with van der Waals surface area (Å²) in [6, 6.07) is 0. The summed E-state index contributed by atoms with van der Waals surface area (Å²) in [5, 5.41) is 9.33. The van der Waals surface area contributed by atoms with E-state index in [2.05, 4.69) is 13.8 Å². The van der Waals surface area contributed by atoms with E-state index in [4.69, 9.17) is 4.74 Å². The lowest BCUT2D eigenvalue weighted by atomic mass is 10.2. The van der Waals surface area contributed by atoms with E-state index in [0.717, 1.165) is 38.7 Å². The Morgan fingerprint density at radius 2 is 2.17 bits per heavy atom. The Bertz CT molecular complexity index is 83.9. The van der Waals surface area contributed by atoms with Crippen molar-refractivity contribution in [3.05, 3.63) is 6.92 Å². The van der Waals surface area contributed by atoms with Gasteiger partial charge in [0.15, 0.2) is 0 Å². The van der Waals surface area contributed by atoms with Crippen molar-refractivity contribution in [1.82, 2.24) is 0 Å². The Morgan fingerprint density at radius 3 is 2.75 bits per heavy atom. The van der Waals surface area contributed by atoms with E-state index in [1.165, 1.54) is 0 Å². The lowest BCUT2D eigenvalue weighted by molar-refractivity contribution is 0.0306. The molecule has 0 aliphatic carbocycles. The second-order valence-corrected chi connectivity index (χ2v) is 3.08. The Kier molecular flexibility index (Phi) is 8.95. The maximum Gasteiger partial charge on any atom is 0.0773 e. The normalized spacial score (nSPS) is 13.2. The first-order chi connectivity index (χ1) is 5.81. The third kappa shape index (κ3) is 8.02. The van der Waals surface area contributed by atoms with Crippen molar-refractivity contribution in [2.75, 3.05) is 13.2 Å². The fraction of sp³-hybridized carbons (Fsp3) is 0.900. The molecule has 0 aliphatic heterocycles. The van der Waals surface area contributed by atoms with Crippen molar-refractivity contribution in [2.24, 2.45) is 0 Å². The minimum atomic E-state index is -0.288. The van der Waals surface area contributed by atoms with Gasteiger partial charge in [-0.25, -0.2) is 0 Å². The first-order valence-corrected chi connectivity index (χ1v) is 4.86. The zero-order valence-corrected chi connectivity index (χ0v) is 8.09. The highest BCUT2D eigenvalue weighted by Crippen LogP contribution is 2.00. The maximum absolute atomic E-state index is 9.33. The summed E-state index contributed by atoms with van der Waals surface area (Å²) < 4.78 is 5.26. The SMILES string of the molecule is [CH2]CCCC(O)COCCCC. The van der Waals surface area contributed by atoms with Gasteiger partial charge in [0, 0.05) is 6.61 Å². The van der Waals surface area contributed by atoms with Crippen molar-refractivity contribution >= 4 is 0 Å². The van der Waals surface area contributed by atoms with Crippen molar-refractivity contribution < 1.29 is 9.84 Å². The van der Waals surface area contributed by atoms with E-state index in [1.54, 1.807) is 0 Å². The highest BCUT2D eigenvalue weighted by Gasteiger charge is 2.02. The molecule has 1 radical (unpaired) electrons. The fourth-order valence-corrected chi connectivity index (χ4v) is 0.929. The second kappa shape index (κ2) is 9.01. The largest absolute Gasteiger partial charge is 0.391 e. The summed E-state index contributed by atoms with van der Waals surface area (Å²) in [4.78, 5) is 0. The Hall–Kier alpha value is -0.0800. The van der Waals surface area contributed by atoms with Gasteiger partial charge in [0.1, 0.15) is 0 Å². The molecule has 0 aromatic heterocycles. The first kappa shape index (κ1) is 11.9. The molecule has 12 heavy (non-hydrogen) atoms. The molecule has 1 N–H and O–H groups in total. The number of ether oxygens (including phenoxy) is 1. The molecular weight excluding hydrogens is 152 g/mol. The predicted molar refractivity (Wildman–Crippen MR) is 50.9 cm³/mol. The predicted octanol–water partition coefficient (Wildman–Crippen LogP) is 2.17. The van der Waals surface area contributed by atoms with Gasteiger partial charge in [-0.15, -0.1) is 0 Å². The van der Waals surface area contributed by atoms with Crippen LogP contribution in [0.3, 0.4) is 0 Å². The van der Waals surface area contributed by atoms with Gasteiger partial charge in [-0.2, -0.15) is 0 Å². The van der Waals surface area contributed by atoms with Gasteiger partial charge in [-0.1, -0.05) is 33.1 Å². The third-order valence-corrected chi connectivity index (χ3v) is 1.74. The topological polar surface area (TPSA) is 29.5 Å². The first-order valence-electron chi connectivity index (χ1n) is 4.86. The number of hydrogen-bond acceptors (Lipinski definition) is 2. The van der Waals surface area contributed by atoms with E-state index < -0.39 is 0 Å². The zero-order chi connectivity index (χ0) is 9.23. The molecule has 0 spiro atoms. The van der Waals surface area contributed by atoms with Gasteiger partial charge >= 0.3 is 0 Å². The molecule has 0 saturated carbocycles. The monoisotopic (exact) mass is 173 g/mol. The van der Waals surface area contributed by atoms with Crippen LogP contribution in [0, 0.1) is 6.92 Å². The molecule has 0 amide bonds. The molecular formula is C10H21O2. The van der Waals surface area contributed by atoms with Gasteiger partial charge in [0.2, 0.25) is 0 Å². The van der Waals surface area contributed by atoms with Crippen LogP contribution in [0.15, 0.2) is 0 Å². The molecule has 2 heteroatoms. The van der Waals surface area contributed by atoms with E-state index in [-0.39, 0.29) is 6.10 Å². The lowest BCUT2D eigenvalue weighted by Gasteiger charge is -2.09. The molecule has 0 rings (SSSR count). The number of rotatable bonds is 8. The third-order valence-electron chi connectivity index (χ3n) is 1.74. The van der Waals surface area contributed by atoms with Gasteiger partial charge in [-0.3, -0.25) is 0 Å². The van der Waals surface area contributed by atoms with Crippen molar-refractivity contribution in [3.63, 3.8) is 0 Å². The van der Waals surface area contributed by atoms with E-state index in [0.29, 0.717) is 6.61 Å². The standard InChI is InChI=1S/C10H21O2/c1-3-5-7-10(11)9-12-8-6-4-2/h10-11H,1,3-9H2,2H3. The van der Waals surface area contributed by atoms with E-state index in [1.807, 2.05) is 0 Å². The van der Waals surface area contributed by atoms with Gasteiger partial charge in [0.05, 0.1) is 12.7 Å². The van der Waals surface area contributed by atoms with Crippen LogP contribution in [0.4, 0.5) is 0 Å². The molecule has 2 nitrogen and oxygen atoms in total. The minimum Gasteiger partial charge on any atom is -0.391 e. The smallest absolute Gasteiger partial charge is 0.0773 e. The lowest BCUT2D eigenvalue weighted by Crippen LogP contribution is -2.15. The van der Waals surface area contributed by atoms with Gasteiger partial charge in [-0.05, 0) is 12.8 Å². The summed E-state index contributed by atoms with van der Waals surface area (Å²) in [6.45, 7) is 7.10. The second-order valence-electron chi connectivity index (χ2n) is 3.08. The van der Waals surface area contributed by atoms with Crippen LogP contribution >= 0.6 is 0 Å². The number of aliphatic hydroxyl groups is 1. The number of hydrogen-bond donors (Lipinski definition) is 1. The Balaban J connectivity index is 3.02. The van der Waals surface area contributed by atoms with Crippen molar-refractivity contribution in [2.45, 2.75) is 45.1 Å². The molecule has 1 atom stereocenters. The zero-order valence-electron chi connectivity index (χ0n) is 8.09. The van der Waals surface area contributed by atoms with Crippen LogP contribution in [0.5, 0.6) is 0 Å². The summed E-state index contributed by atoms with van der Waals surface area (Å²) >= 11 is 0. The molecule has 73 valence electrons. The van der Waals surface area contributed by atoms with Crippen LogP contribution in [-0.4, -0.2) is 24.4 Å². The van der Waals surface area contributed by atoms with Crippen molar-refractivity contribution in [3.8, 4) is 0 Å². The Labute approximate surface area is 75.9 Å². The average molecular weight is 173 g/mol. The minimum absolute atomic E-state index is 0.288. The molecule has 1 unspecified atom stereocenters. The molecule has 0 aromatic rings.